The minimum atomic E-state index is -0.0342. The van der Waals surface area contributed by atoms with Crippen molar-refractivity contribution in [1.82, 2.24) is 4.90 Å². The van der Waals surface area contributed by atoms with Gasteiger partial charge in [-0.3, -0.25) is 4.79 Å². The molecule has 0 aliphatic heterocycles. The van der Waals surface area contributed by atoms with E-state index < -0.39 is 0 Å². The van der Waals surface area contributed by atoms with E-state index in [1.807, 2.05) is 43.3 Å². The van der Waals surface area contributed by atoms with Crippen LogP contribution in [0.5, 0.6) is 5.75 Å². The first-order valence-electron chi connectivity index (χ1n) is 6.81. The summed E-state index contributed by atoms with van der Waals surface area (Å²) in [5.41, 5.74) is 2.15. The van der Waals surface area contributed by atoms with Crippen molar-refractivity contribution >= 4 is 39.2 Å². The summed E-state index contributed by atoms with van der Waals surface area (Å²) in [7, 11) is 3.43. The van der Waals surface area contributed by atoms with Gasteiger partial charge in [-0.1, -0.05) is 17.7 Å². The fourth-order valence-corrected chi connectivity index (χ4v) is 3.39. The van der Waals surface area contributed by atoms with Crippen molar-refractivity contribution < 1.29 is 9.53 Å². The molecule has 2 aromatic rings. The minimum absolute atomic E-state index is 0.0342. The molecule has 0 aliphatic carbocycles. The zero-order chi connectivity index (χ0) is 16.1. The summed E-state index contributed by atoms with van der Waals surface area (Å²) in [6, 6.07) is 9.92. The quantitative estimate of drug-likeness (QED) is 0.715. The first-order chi connectivity index (χ1) is 10.5. The predicted molar refractivity (Wildman–Crippen MR) is 95.3 cm³/mol. The van der Waals surface area contributed by atoms with Crippen LogP contribution < -0.4 is 4.74 Å². The molecule has 1 aromatic carbocycles. The number of carbonyl (C=O) groups is 1. The topological polar surface area (TPSA) is 29.5 Å². The molecule has 0 unspecified atom stereocenters. The SMILES string of the molecule is COc1ccc(C)cc1CN(C)C(=O)/C=C/c1ccc(Br)s1. The Morgan fingerprint density at radius 2 is 2.14 bits per heavy atom. The number of aryl methyl sites for hydroxylation is 1. The third-order valence-electron chi connectivity index (χ3n) is 3.20. The maximum atomic E-state index is 12.2. The highest BCUT2D eigenvalue weighted by Crippen LogP contribution is 2.23. The Kier molecular flexibility index (Phi) is 5.80. The smallest absolute Gasteiger partial charge is 0.246 e. The summed E-state index contributed by atoms with van der Waals surface area (Å²) in [5, 5.41) is 0. The zero-order valence-corrected chi connectivity index (χ0v) is 15.2. The van der Waals surface area contributed by atoms with Gasteiger partial charge in [0.15, 0.2) is 0 Å². The molecule has 1 aromatic heterocycles. The number of ether oxygens (including phenoxy) is 1. The van der Waals surface area contributed by atoms with Crippen LogP contribution in [-0.2, 0) is 11.3 Å². The Morgan fingerprint density at radius 3 is 2.77 bits per heavy atom. The molecule has 0 N–H and O–H groups in total. The average Bonchev–Trinajstić information content (AvgIpc) is 2.90. The zero-order valence-electron chi connectivity index (χ0n) is 12.8. The Labute approximate surface area is 143 Å². The van der Waals surface area contributed by atoms with Gasteiger partial charge < -0.3 is 9.64 Å². The molecule has 2 rings (SSSR count). The van der Waals surface area contributed by atoms with Crippen LogP contribution in [0.1, 0.15) is 16.0 Å². The van der Waals surface area contributed by atoms with Gasteiger partial charge >= 0.3 is 0 Å². The second-order valence-electron chi connectivity index (χ2n) is 4.98. The highest BCUT2D eigenvalue weighted by Gasteiger charge is 2.10. The Morgan fingerprint density at radius 1 is 1.36 bits per heavy atom. The number of likely N-dealkylation sites (N-methyl/N-ethyl adjacent to an activating group) is 1. The number of rotatable bonds is 5. The molecule has 22 heavy (non-hydrogen) atoms. The van der Waals surface area contributed by atoms with Crippen molar-refractivity contribution in [1.29, 1.82) is 0 Å². The third kappa shape index (κ3) is 4.45. The maximum absolute atomic E-state index is 12.2. The van der Waals surface area contributed by atoms with Gasteiger partial charge in [0, 0.05) is 30.1 Å². The van der Waals surface area contributed by atoms with Crippen LogP contribution in [0, 0.1) is 6.92 Å². The monoisotopic (exact) mass is 379 g/mol. The van der Waals surface area contributed by atoms with Gasteiger partial charge in [0.1, 0.15) is 5.75 Å². The van der Waals surface area contributed by atoms with Gasteiger partial charge in [0.05, 0.1) is 10.9 Å². The van der Waals surface area contributed by atoms with E-state index in [1.54, 1.807) is 36.5 Å². The highest BCUT2D eigenvalue weighted by molar-refractivity contribution is 9.11. The fraction of sp³-hybridized carbons (Fsp3) is 0.235. The van der Waals surface area contributed by atoms with Crippen molar-refractivity contribution in [3.05, 3.63) is 56.2 Å². The van der Waals surface area contributed by atoms with Crippen LogP contribution in [0.3, 0.4) is 0 Å². The molecular formula is C17H18BrNO2S. The predicted octanol–water partition coefficient (Wildman–Crippen LogP) is 4.50. The lowest BCUT2D eigenvalue weighted by atomic mass is 10.1. The molecule has 0 atom stereocenters. The van der Waals surface area contributed by atoms with E-state index in [1.165, 1.54) is 0 Å². The first kappa shape index (κ1) is 16.8. The lowest BCUT2D eigenvalue weighted by molar-refractivity contribution is -0.125. The second-order valence-corrected chi connectivity index (χ2v) is 7.48. The second kappa shape index (κ2) is 7.61. The largest absolute Gasteiger partial charge is 0.496 e. The summed E-state index contributed by atoms with van der Waals surface area (Å²) >= 11 is 5.00. The normalized spacial score (nSPS) is 10.9. The summed E-state index contributed by atoms with van der Waals surface area (Å²) in [5.74, 6) is 0.768. The molecule has 0 bridgehead atoms. The summed E-state index contributed by atoms with van der Waals surface area (Å²) in [6.07, 6.45) is 3.43. The molecule has 0 radical (unpaired) electrons. The Hall–Kier alpha value is -1.59. The molecule has 1 amide bonds. The van der Waals surface area contributed by atoms with Crippen LogP contribution in [0.25, 0.3) is 6.08 Å². The van der Waals surface area contributed by atoms with Crippen LogP contribution in [0.2, 0.25) is 0 Å². The maximum Gasteiger partial charge on any atom is 0.246 e. The number of hydrogen-bond acceptors (Lipinski definition) is 3. The molecule has 5 heteroatoms. The molecule has 3 nitrogen and oxygen atoms in total. The van der Waals surface area contributed by atoms with E-state index in [-0.39, 0.29) is 5.91 Å². The van der Waals surface area contributed by atoms with Crippen molar-refractivity contribution in [2.45, 2.75) is 13.5 Å². The standard InChI is InChI=1S/C17H18BrNO2S/c1-12-4-7-15(21-3)13(10-12)11-19(2)17(20)9-6-14-5-8-16(18)22-14/h4-10H,11H2,1-3H3/b9-6+. The van der Waals surface area contributed by atoms with Gasteiger partial charge in [-0.05, 0) is 47.1 Å². The first-order valence-corrected chi connectivity index (χ1v) is 8.42. The Balaban J connectivity index is 2.05. The van der Waals surface area contributed by atoms with Gasteiger partial charge in [0.25, 0.3) is 0 Å². The van der Waals surface area contributed by atoms with Crippen LogP contribution in [0.4, 0.5) is 0 Å². The van der Waals surface area contributed by atoms with Crippen molar-refractivity contribution in [2.75, 3.05) is 14.2 Å². The minimum Gasteiger partial charge on any atom is -0.496 e. The third-order valence-corrected chi connectivity index (χ3v) is 4.79. The average molecular weight is 380 g/mol. The van der Waals surface area contributed by atoms with Gasteiger partial charge in [-0.15, -0.1) is 11.3 Å². The van der Waals surface area contributed by atoms with E-state index in [9.17, 15) is 4.79 Å². The molecule has 0 saturated heterocycles. The van der Waals surface area contributed by atoms with E-state index in [0.29, 0.717) is 6.54 Å². The molecule has 0 aliphatic rings. The number of carbonyl (C=O) groups excluding carboxylic acids is 1. The number of halogens is 1. The van der Waals surface area contributed by atoms with Crippen molar-refractivity contribution in [3.8, 4) is 5.75 Å². The fourth-order valence-electron chi connectivity index (χ4n) is 2.06. The van der Waals surface area contributed by atoms with E-state index in [0.717, 1.165) is 25.5 Å². The number of thiophene rings is 1. The number of hydrogen-bond donors (Lipinski definition) is 0. The summed E-state index contributed by atoms with van der Waals surface area (Å²) < 4.78 is 6.41. The number of amides is 1. The summed E-state index contributed by atoms with van der Waals surface area (Å²) in [4.78, 5) is 14.9. The number of benzene rings is 1. The van der Waals surface area contributed by atoms with Gasteiger partial charge in [-0.25, -0.2) is 0 Å². The molecule has 0 fully saturated rings. The van der Waals surface area contributed by atoms with Crippen LogP contribution in [-0.4, -0.2) is 25.0 Å². The molecule has 0 saturated carbocycles. The summed E-state index contributed by atoms with van der Waals surface area (Å²) in [6.45, 7) is 2.54. The molecule has 1 heterocycles. The van der Waals surface area contributed by atoms with E-state index in [4.69, 9.17) is 4.74 Å². The Bertz CT molecular complexity index is 694. The molecule has 0 spiro atoms. The van der Waals surface area contributed by atoms with Crippen LogP contribution in [0.15, 0.2) is 40.2 Å². The molecule has 116 valence electrons. The molecular weight excluding hydrogens is 362 g/mol. The lowest BCUT2D eigenvalue weighted by Gasteiger charge is -2.17. The van der Waals surface area contributed by atoms with Crippen molar-refractivity contribution in [3.63, 3.8) is 0 Å². The van der Waals surface area contributed by atoms with Crippen LogP contribution >= 0.6 is 27.3 Å². The number of nitrogens with zero attached hydrogens (tertiary/aromatic N) is 1. The van der Waals surface area contributed by atoms with Gasteiger partial charge in [0.2, 0.25) is 5.91 Å². The van der Waals surface area contributed by atoms with E-state index in [2.05, 4.69) is 15.9 Å². The van der Waals surface area contributed by atoms with Crippen molar-refractivity contribution in [2.24, 2.45) is 0 Å². The van der Waals surface area contributed by atoms with Gasteiger partial charge in [-0.2, -0.15) is 0 Å². The highest BCUT2D eigenvalue weighted by atomic mass is 79.9. The lowest BCUT2D eigenvalue weighted by Crippen LogP contribution is -2.24. The number of methoxy groups -OCH3 is 1. The van der Waals surface area contributed by atoms with E-state index >= 15 is 0 Å².